The summed E-state index contributed by atoms with van der Waals surface area (Å²) in [5.41, 5.74) is 11.6. The summed E-state index contributed by atoms with van der Waals surface area (Å²) < 4.78 is 4.81. The number of pyridine rings is 2. The zero-order valence-electron chi connectivity index (χ0n) is 32.4. The fourth-order valence-electron chi connectivity index (χ4n) is 10.1. The first kappa shape index (κ1) is 32.9. The maximum atomic E-state index is 4.64. The summed E-state index contributed by atoms with van der Waals surface area (Å²) in [6.07, 6.45) is 7.73. The van der Waals surface area contributed by atoms with Gasteiger partial charge >= 0.3 is 0 Å². The van der Waals surface area contributed by atoms with Crippen molar-refractivity contribution in [3.05, 3.63) is 207 Å². The number of fused-ring (bicyclic) bond motifs is 14. The van der Waals surface area contributed by atoms with Gasteiger partial charge in [-0.15, -0.1) is 0 Å². The minimum atomic E-state index is 1.10. The maximum Gasteiger partial charge on any atom is 0.0547 e. The van der Waals surface area contributed by atoms with Crippen molar-refractivity contribution in [1.29, 1.82) is 0 Å². The monoisotopic (exact) mass is 762 g/mol. The van der Waals surface area contributed by atoms with Gasteiger partial charge in [-0.25, -0.2) is 0 Å². The van der Waals surface area contributed by atoms with Gasteiger partial charge < -0.3 is 9.13 Å². The summed E-state index contributed by atoms with van der Waals surface area (Å²) in [5.74, 6) is 0. The van der Waals surface area contributed by atoms with Gasteiger partial charge in [0.05, 0.1) is 22.1 Å². The number of rotatable bonds is 4. The number of hydrogen-bond donors (Lipinski definition) is 0. The van der Waals surface area contributed by atoms with Crippen LogP contribution >= 0.6 is 0 Å². The number of benzene rings is 9. The summed E-state index contributed by atoms with van der Waals surface area (Å²) in [5, 5.41) is 14.7. The van der Waals surface area contributed by atoms with Crippen LogP contribution in [0, 0.1) is 0 Å². The van der Waals surface area contributed by atoms with Gasteiger partial charge in [0.25, 0.3) is 0 Å². The van der Waals surface area contributed by atoms with Crippen molar-refractivity contribution >= 4 is 86.7 Å². The molecule has 0 atom stereocenters. The molecule has 4 nitrogen and oxygen atoms in total. The van der Waals surface area contributed by atoms with Crippen LogP contribution in [0.4, 0.5) is 0 Å². The SMILES string of the molecule is c1ccc(-n2c3ccccc3c3c4c(-c5cccnc5)cc5cc6c(cc(-c7cccnc7)c7c6ccc6c7c7ccccc7n6-c6ccccc6)cc5c4ccc32)cc1. The molecule has 0 aliphatic heterocycles. The molecule has 0 aliphatic carbocycles. The molecule has 0 radical (unpaired) electrons. The van der Waals surface area contributed by atoms with E-state index in [1.807, 2.05) is 36.9 Å². The lowest BCUT2D eigenvalue weighted by Gasteiger charge is -2.17. The lowest BCUT2D eigenvalue weighted by molar-refractivity contribution is 1.18. The lowest BCUT2D eigenvalue weighted by atomic mass is 9.87. The Labute approximate surface area is 344 Å². The molecule has 0 spiro atoms. The zero-order chi connectivity index (χ0) is 39.3. The van der Waals surface area contributed by atoms with Crippen LogP contribution in [-0.4, -0.2) is 19.1 Å². The normalized spacial score (nSPS) is 12.0. The topological polar surface area (TPSA) is 35.6 Å². The Balaban J connectivity index is 1.20. The van der Waals surface area contributed by atoms with Gasteiger partial charge in [0.1, 0.15) is 0 Å². The van der Waals surface area contributed by atoms with E-state index in [0.717, 1.165) is 22.5 Å². The van der Waals surface area contributed by atoms with Crippen molar-refractivity contribution in [1.82, 2.24) is 19.1 Å². The first-order valence-electron chi connectivity index (χ1n) is 20.5. The number of aromatic nitrogens is 4. The Morgan fingerprint density at radius 3 is 1.17 bits per heavy atom. The standard InChI is InChI=1S/C56H34N4/c1-3-15-39(16-4-1)59-49-21-9-7-19-43(49)55-51(59)25-23-41-45-29-38-32-48(36-14-12-28-58-34-36)54-42(46(38)30-37(45)31-47(53(41)55)35-13-11-27-57-33-35)24-26-52-56(54)44-20-8-10-22-50(44)60(52)40-17-5-2-6-18-40/h1-34H. The van der Waals surface area contributed by atoms with Crippen molar-refractivity contribution in [2.24, 2.45) is 0 Å². The fraction of sp³-hybridized carbons (Fsp3) is 0. The van der Waals surface area contributed by atoms with Crippen molar-refractivity contribution < 1.29 is 0 Å². The molecule has 0 unspecified atom stereocenters. The van der Waals surface area contributed by atoms with E-state index >= 15 is 0 Å². The highest BCUT2D eigenvalue weighted by Crippen LogP contribution is 2.47. The zero-order valence-corrected chi connectivity index (χ0v) is 32.4. The average Bonchev–Trinajstić information content (AvgIpc) is 3.85. The Bertz CT molecular complexity index is 3590. The third-order valence-electron chi connectivity index (χ3n) is 12.6. The summed E-state index contributed by atoms with van der Waals surface area (Å²) in [6.45, 7) is 0. The maximum absolute atomic E-state index is 4.64. The van der Waals surface area contributed by atoms with Gasteiger partial charge in [0.2, 0.25) is 0 Å². The van der Waals surface area contributed by atoms with Crippen molar-refractivity contribution in [2.45, 2.75) is 0 Å². The van der Waals surface area contributed by atoms with Crippen LogP contribution in [-0.2, 0) is 0 Å². The van der Waals surface area contributed by atoms with Crippen molar-refractivity contribution in [3.63, 3.8) is 0 Å². The Kier molecular flexibility index (Phi) is 6.98. The first-order chi connectivity index (χ1) is 29.8. The molecule has 4 heterocycles. The second kappa shape index (κ2) is 12.7. The van der Waals surface area contributed by atoms with Gasteiger partial charge in [-0.2, -0.15) is 0 Å². The third-order valence-corrected chi connectivity index (χ3v) is 12.6. The highest BCUT2D eigenvalue weighted by molar-refractivity contribution is 6.33. The molecule has 0 saturated heterocycles. The average molecular weight is 763 g/mol. The van der Waals surface area contributed by atoms with Crippen molar-refractivity contribution in [3.8, 4) is 33.6 Å². The smallest absolute Gasteiger partial charge is 0.0547 e. The van der Waals surface area contributed by atoms with Crippen LogP contribution < -0.4 is 0 Å². The van der Waals surface area contributed by atoms with Gasteiger partial charge in [-0.1, -0.05) is 97.1 Å². The molecule has 13 aromatic rings. The molecule has 0 amide bonds. The molecule has 0 N–H and O–H groups in total. The third kappa shape index (κ3) is 4.67. The van der Waals surface area contributed by atoms with E-state index in [2.05, 4.69) is 189 Å². The van der Waals surface area contributed by atoms with Crippen LogP contribution in [0.15, 0.2) is 207 Å². The van der Waals surface area contributed by atoms with E-state index in [-0.39, 0.29) is 0 Å². The van der Waals surface area contributed by atoms with E-state index in [0.29, 0.717) is 0 Å². The van der Waals surface area contributed by atoms with E-state index < -0.39 is 0 Å². The van der Waals surface area contributed by atoms with Gasteiger partial charge in [0, 0.05) is 79.6 Å². The van der Waals surface area contributed by atoms with Crippen LogP contribution in [0.3, 0.4) is 0 Å². The number of nitrogens with zero attached hydrogens (tertiary/aromatic N) is 4. The molecule has 4 aromatic heterocycles. The quantitative estimate of drug-likeness (QED) is 0.132. The highest BCUT2D eigenvalue weighted by atomic mass is 15.0. The molecule has 0 aliphatic rings. The summed E-state index contributed by atoms with van der Waals surface area (Å²) >= 11 is 0. The fourth-order valence-corrected chi connectivity index (χ4v) is 10.1. The van der Waals surface area contributed by atoms with E-state index in [4.69, 9.17) is 0 Å². The molecule has 0 fully saturated rings. The van der Waals surface area contributed by atoms with Crippen LogP contribution in [0.25, 0.3) is 120 Å². The van der Waals surface area contributed by atoms with Crippen LogP contribution in [0.2, 0.25) is 0 Å². The lowest BCUT2D eigenvalue weighted by Crippen LogP contribution is -1.94. The van der Waals surface area contributed by atoms with Gasteiger partial charge in [0.15, 0.2) is 0 Å². The molecular formula is C56H34N4. The number of hydrogen-bond acceptors (Lipinski definition) is 2. The van der Waals surface area contributed by atoms with Gasteiger partial charge in [-0.05, 0) is 128 Å². The first-order valence-corrected chi connectivity index (χ1v) is 20.5. The van der Waals surface area contributed by atoms with Crippen molar-refractivity contribution in [2.75, 3.05) is 0 Å². The Hall–Kier alpha value is -8.08. The predicted molar refractivity (Wildman–Crippen MR) is 252 cm³/mol. The van der Waals surface area contributed by atoms with E-state index in [1.165, 1.54) is 97.8 Å². The number of para-hydroxylation sites is 4. The summed E-state index contributed by atoms with van der Waals surface area (Å²) in [6, 6.07) is 66.5. The molecule has 278 valence electrons. The molecule has 60 heavy (non-hydrogen) atoms. The molecule has 9 aromatic carbocycles. The minimum absolute atomic E-state index is 1.10. The Morgan fingerprint density at radius 1 is 0.300 bits per heavy atom. The summed E-state index contributed by atoms with van der Waals surface area (Å²) in [4.78, 5) is 9.28. The van der Waals surface area contributed by atoms with Gasteiger partial charge in [-0.3, -0.25) is 9.97 Å². The van der Waals surface area contributed by atoms with Crippen LogP contribution in [0.5, 0.6) is 0 Å². The highest BCUT2D eigenvalue weighted by Gasteiger charge is 2.22. The second-order valence-electron chi connectivity index (χ2n) is 15.8. The molecular weight excluding hydrogens is 729 g/mol. The predicted octanol–water partition coefficient (Wildman–Crippen LogP) is 14.6. The second-order valence-corrected chi connectivity index (χ2v) is 15.8. The van der Waals surface area contributed by atoms with E-state index in [9.17, 15) is 0 Å². The van der Waals surface area contributed by atoms with Crippen LogP contribution in [0.1, 0.15) is 0 Å². The largest absolute Gasteiger partial charge is 0.309 e. The molecule has 13 rings (SSSR count). The minimum Gasteiger partial charge on any atom is -0.309 e. The summed E-state index contributed by atoms with van der Waals surface area (Å²) in [7, 11) is 0. The van der Waals surface area contributed by atoms with E-state index in [1.54, 1.807) is 0 Å². The molecule has 0 saturated carbocycles. The molecule has 4 heteroatoms. The molecule has 0 bridgehead atoms. The Morgan fingerprint density at radius 2 is 0.733 bits per heavy atom.